The number of ketones is 3. The fraction of sp³-hybridized carbons (Fsp3) is 0.800. The molecule has 30 heavy (non-hydrogen) atoms. The first-order chi connectivity index (χ1) is 13.8. The van der Waals surface area contributed by atoms with Crippen LogP contribution in [-0.4, -0.2) is 32.3 Å². The van der Waals surface area contributed by atoms with E-state index in [1.807, 2.05) is 0 Å². The van der Waals surface area contributed by atoms with E-state index in [1.165, 1.54) is 0 Å². The van der Waals surface area contributed by atoms with Crippen LogP contribution in [0.15, 0.2) is 12.2 Å². The van der Waals surface area contributed by atoms with Crippen LogP contribution in [0, 0.1) is 34.5 Å². The predicted molar refractivity (Wildman–Crippen MR) is 120 cm³/mol. The molecule has 0 spiro atoms. The van der Waals surface area contributed by atoms with Crippen molar-refractivity contribution < 1.29 is 18.8 Å². The van der Waals surface area contributed by atoms with E-state index in [1.54, 1.807) is 6.08 Å². The number of hydrogen-bond donors (Lipinski definition) is 0. The second kappa shape index (κ2) is 6.96. The summed E-state index contributed by atoms with van der Waals surface area (Å²) >= 11 is 0. The molecule has 0 aromatic carbocycles. The van der Waals surface area contributed by atoms with Gasteiger partial charge in [-0.2, -0.15) is 0 Å². The maximum Gasteiger partial charge on any atom is 0.192 e. The van der Waals surface area contributed by atoms with E-state index in [9.17, 15) is 14.4 Å². The molecule has 4 aliphatic rings. The molecule has 6 unspecified atom stereocenters. The summed E-state index contributed by atoms with van der Waals surface area (Å²) in [7, 11) is -1.98. The summed E-state index contributed by atoms with van der Waals surface area (Å²) in [5.41, 5.74) is -0.593. The number of fused-ring (bicyclic) bond motifs is 5. The second-order valence-electron chi connectivity index (χ2n) is 12.2. The molecule has 0 aromatic heterocycles. The van der Waals surface area contributed by atoms with Gasteiger partial charge in [0.25, 0.3) is 0 Å². The molecule has 166 valence electrons. The third-order valence-electron chi connectivity index (χ3n) is 9.77. The lowest BCUT2D eigenvalue weighted by Crippen LogP contribution is -2.60. The highest BCUT2D eigenvalue weighted by atomic mass is 28.4. The highest BCUT2D eigenvalue weighted by Crippen LogP contribution is 2.63. The van der Waals surface area contributed by atoms with Gasteiger partial charge in [-0.1, -0.05) is 33.8 Å². The van der Waals surface area contributed by atoms with Crippen LogP contribution in [0.1, 0.15) is 66.2 Å². The Morgan fingerprint density at radius 2 is 1.83 bits per heavy atom. The van der Waals surface area contributed by atoms with Gasteiger partial charge in [-0.25, -0.2) is 0 Å². The van der Waals surface area contributed by atoms with Crippen molar-refractivity contribution in [3.63, 3.8) is 0 Å². The Morgan fingerprint density at radius 3 is 2.50 bits per heavy atom. The summed E-state index contributed by atoms with van der Waals surface area (Å²) in [6.07, 6.45) is 7.91. The van der Waals surface area contributed by atoms with E-state index < -0.39 is 8.32 Å². The lowest BCUT2D eigenvalue weighted by atomic mass is 9.44. The maximum atomic E-state index is 13.4. The largest absolute Gasteiger partial charge is 0.416 e. The standard InChI is InChI=1S/C25H38O4Si/c1-23(2,3)30(5,6)29-15-25-12-9-16(26)13-20(25)21(27)14-17-18-7-8-22(28)24(18,4)11-10-19(17)25/h7-8,17-20H,9-15H2,1-6H3. The Kier molecular flexibility index (Phi) is 5.14. The van der Waals surface area contributed by atoms with Crippen molar-refractivity contribution in [1.82, 2.24) is 0 Å². The molecule has 0 saturated heterocycles. The number of Topliss-reactive ketones (excluding diaryl/α,β-unsaturated/α-hetero) is 2. The Hall–Kier alpha value is -1.07. The summed E-state index contributed by atoms with van der Waals surface area (Å²) < 4.78 is 6.77. The third-order valence-corrected chi connectivity index (χ3v) is 14.3. The lowest BCUT2D eigenvalue weighted by Gasteiger charge is -2.59. The molecule has 3 fully saturated rings. The van der Waals surface area contributed by atoms with Crippen molar-refractivity contribution in [1.29, 1.82) is 0 Å². The zero-order valence-corrected chi connectivity index (χ0v) is 20.5. The van der Waals surface area contributed by atoms with Crippen LogP contribution in [0.5, 0.6) is 0 Å². The van der Waals surface area contributed by atoms with Gasteiger partial charge in [0.15, 0.2) is 14.1 Å². The molecular formula is C25H38O4Si. The van der Waals surface area contributed by atoms with Crippen LogP contribution in [0.25, 0.3) is 0 Å². The first-order valence-corrected chi connectivity index (χ1v) is 14.6. The molecule has 0 aliphatic heterocycles. The smallest absolute Gasteiger partial charge is 0.192 e. The number of carbonyl (C=O) groups is 3. The van der Waals surface area contributed by atoms with Crippen molar-refractivity contribution in [2.75, 3.05) is 6.61 Å². The fourth-order valence-corrected chi connectivity index (χ4v) is 7.77. The SMILES string of the molecule is CC12CCC3C(CC(=O)C4CC(=O)CCC43CO[Si](C)(C)C(C)(C)C)C1C=CC2=O. The molecule has 4 rings (SSSR count). The molecule has 0 amide bonds. The minimum atomic E-state index is -1.98. The van der Waals surface area contributed by atoms with Crippen LogP contribution in [0.3, 0.4) is 0 Å². The van der Waals surface area contributed by atoms with Crippen molar-refractivity contribution in [3.8, 4) is 0 Å². The molecular weight excluding hydrogens is 392 g/mol. The summed E-state index contributed by atoms with van der Waals surface area (Å²) in [6, 6.07) is 0. The Bertz CT molecular complexity index is 806. The predicted octanol–water partition coefficient (Wildman–Crippen LogP) is 5.12. The molecule has 0 aromatic rings. The average molecular weight is 431 g/mol. The highest BCUT2D eigenvalue weighted by molar-refractivity contribution is 6.74. The van der Waals surface area contributed by atoms with Crippen molar-refractivity contribution in [3.05, 3.63) is 12.2 Å². The summed E-state index contributed by atoms with van der Waals surface area (Å²) in [5, 5.41) is 0.105. The van der Waals surface area contributed by atoms with Crippen molar-refractivity contribution in [2.45, 2.75) is 84.4 Å². The Labute approximate surface area is 182 Å². The lowest BCUT2D eigenvalue weighted by molar-refractivity contribution is -0.165. The quantitative estimate of drug-likeness (QED) is 0.583. The Morgan fingerprint density at radius 1 is 1.13 bits per heavy atom. The van der Waals surface area contributed by atoms with Crippen LogP contribution in [0.2, 0.25) is 18.1 Å². The van der Waals surface area contributed by atoms with Crippen LogP contribution in [0.4, 0.5) is 0 Å². The molecule has 6 atom stereocenters. The number of rotatable bonds is 3. The van der Waals surface area contributed by atoms with Crippen molar-refractivity contribution in [2.24, 2.45) is 34.5 Å². The minimum absolute atomic E-state index is 0.105. The van der Waals surface area contributed by atoms with Crippen LogP contribution in [-0.2, 0) is 18.8 Å². The van der Waals surface area contributed by atoms with Gasteiger partial charge in [0.2, 0.25) is 0 Å². The number of carbonyl (C=O) groups excluding carboxylic acids is 3. The molecule has 0 N–H and O–H groups in total. The van der Waals surface area contributed by atoms with Gasteiger partial charge in [0, 0.05) is 42.6 Å². The molecule has 4 aliphatic carbocycles. The molecule has 3 saturated carbocycles. The van der Waals surface area contributed by atoms with Crippen LogP contribution < -0.4 is 0 Å². The van der Waals surface area contributed by atoms with E-state index in [0.29, 0.717) is 31.8 Å². The molecule has 5 heteroatoms. The molecule has 0 radical (unpaired) electrons. The van der Waals surface area contributed by atoms with Gasteiger partial charge in [0.05, 0.1) is 0 Å². The van der Waals surface area contributed by atoms with Gasteiger partial charge >= 0.3 is 0 Å². The topological polar surface area (TPSA) is 60.4 Å². The van der Waals surface area contributed by atoms with E-state index in [4.69, 9.17) is 4.43 Å². The zero-order chi connectivity index (χ0) is 22.1. The van der Waals surface area contributed by atoms with E-state index >= 15 is 0 Å². The summed E-state index contributed by atoms with van der Waals surface area (Å²) in [6.45, 7) is 14.0. The first-order valence-electron chi connectivity index (χ1n) is 11.7. The number of allylic oxidation sites excluding steroid dienone is 2. The van der Waals surface area contributed by atoms with Crippen molar-refractivity contribution >= 4 is 25.7 Å². The highest BCUT2D eigenvalue weighted by Gasteiger charge is 2.63. The van der Waals surface area contributed by atoms with E-state index in [2.05, 4.69) is 46.9 Å². The zero-order valence-electron chi connectivity index (χ0n) is 19.5. The molecule has 0 heterocycles. The van der Waals surface area contributed by atoms with Gasteiger partial charge in [-0.15, -0.1) is 0 Å². The Balaban J connectivity index is 1.71. The molecule has 0 bridgehead atoms. The summed E-state index contributed by atoms with van der Waals surface area (Å²) in [4.78, 5) is 38.4. The first kappa shape index (κ1) is 22.1. The maximum absolute atomic E-state index is 13.4. The monoisotopic (exact) mass is 430 g/mol. The van der Waals surface area contributed by atoms with Gasteiger partial charge < -0.3 is 4.43 Å². The van der Waals surface area contributed by atoms with Crippen LogP contribution >= 0.6 is 0 Å². The molecule has 4 nitrogen and oxygen atoms in total. The average Bonchev–Trinajstić information content (AvgIpc) is 2.95. The minimum Gasteiger partial charge on any atom is -0.416 e. The summed E-state index contributed by atoms with van der Waals surface area (Å²) in [5.74, 6) is 1.20. The van der Waals surface area contributed by atoms with E-state index in [0.717, 1.165) is 19.3 Å². The van der Waals surface area contributed by atoms with Gasteiger partial charge in [-0.05, 0) is 61.2 Å². The normalized spacial score (nSPS) is 41.5. The van der Waals surface area contributed by atoms with Gasteiger partial charge in [0.1, 0.15) is 11.6 Å². The second-order valence-corrected chi connectivity index (χ2v) is 17.0. The fourth-order valence-electron chi connectivity index (χ4n) is 6.71. The third kappa shape index (κ3) is 3.14. The number of hydrogen-bond acceptors (Lipinski definition) is 4. The van der Waals surface area contributed by atoms with Gasteiger partial charge in [-0.3, -0.25) is 14.4 Å². The van der Waals surface area contributed by atoms with E-state index in [-0.39, 0.29) is 51.0 Å².